The molecule has 1 amide bonds. The zero-order valence-corrected chi connectivity index (χ0v) is 20.1. The molecule has 0 aliphatic rings. The van der Waals surface area contributed by atoms with E-state index >= 15 is 0 Å². The number of ether oxygens (including phenoxy) is 2. The molecule has 0 aromatic heterocycles. The van der Waals surface area contributed by atoms with Crippen LogP contribution in [0.2, 0.25) is 0 Å². The molecule has 33 heavy (non-hydrogen) atoms. The number of amides is 1. The number of carbonyl (C=O) groups is 1. The van der Waals surface area contributed by atoms with Crippen molar-refractivity contribution in [2.75, 3.05) is 13.2 Å². The highest BCUT2D eigenvalue weighted by atomic mass is 16.5. The molecule has 0 aliphatic heterocycles. The topological polar surface area (TPSA) is 47.6 Å². The van der Waals surface area contributed by atoms with Crippen molar-refractivity contribution in [3.05, 3.63) is 97.1 Å². The predicted octanol–water partition coefficient (Wildman–Crippen LogP) is 5.54. The molecule has 2 aromatic carbocycles. The van der Waals surface area contributed by atoms with E-state index in [0.717, 1.165) is 24.0 Å². The number of hydrogen-bond acceptors (Lipinski definition) is 3. The van der Waals surface area contributed by atoms with E-state index in [4.69, 9.17) is 9.47 Å². The second kappa shape index (κ2) is 15.2. The molecule has 0 saturated heterocycles. The zero-order valence-electron chi connectivity index (χ0n) is 20.1. The lowest BCUT2D eigenvalue weighted by Gasteiger charge is -2.31. The van der Waals surface area contributed by atoms with Gasteiger partial charge in [-0.1, -0.05) is 86.7 Å². The van der Waals surface area contributed by atoms with E-state index in [2.05, 4.69) is 56.6 Å². The van der Waals surface area contributed by atoms with Crippen molar-refractivity contribution in [3.63, 3.8) is 0 Å². The maximum absolute atomic E-state index is 13.7. The Balaban J connectivity index is 2.27. The first-order chi connectivity index (χ1) is 16.1. The lowest BCUT2D eigenvalue weighted by atomic mass is 9.90. The van der Waals surface area contributed by atoms with Crippen LogP contribution in [-0.2, 0) is 27.1 Å². The standard InChI is InChI=1S/C29H39NO3/c1-5-19-32-27(7-3)25(21-23-15-11-9-12-16-23)29(31)30-26(28(8-4)33-20-6-2)22-24-17-13-10-14-18-24/h5-6,9-18,25-28H,1-2,7-8,19-22H2,3-4H3,(H,30,31)/t25-,26-,27+,28+/m0/s1. The van der Waals surface area contributed by atoms with Crippen LogP contribution in [0.5, 0.6) is 0 Å². The van der Waals surface area contributed by atoms with Crippen LogP contribution in [0.1, 0.15) is 37.8 Å². The molecule has 4 heteroatoms. The molecule has 4 nitrogen and oxygen atoms in total. The molecular formula is C29H39NO3. The molecule has 4 atom stereocenters. The van der Waals surface area contributed by atoms with Gasteiger partial charge in [0.1, 0.15) is 0 Å². The van der Waals surface area contributed by atoms with Gasteiger partial charge in [0.05, 0.1) is 37.4 Å². The third kappa shape index (κ3) is 8.99. The molecule has 0 saturated carbocycles. The molecule has 0 heterocycles. The molecule has 0 bridgehead atoms. The number of benzene rings is 2. The Morgan fingerprint density at radius 3 is 1.79 bits per heavy atom. The third-order valence-corrected chi connectivity index (χ3v) is 5.82. The Bertz CT molecular complexity index is 821. The van der Waals surface area contributed by atoms with Crippen LogP contribution >= 0.6 is 0 Å². The number of carbonyl (C=O) groups excluding carboxylic acids is 1. The van der Waals surface area contributed by atoms with Gasteiger partial charge in [-0.2, -0.15) is 0 Å². The summed E-state index contributed by atoms with van der Waals surface area (Å²) in [7, 11) is 0. The largest absolute Gasteiger partial charge is 0.373 e. The molecule has 0 fully saturated rings. The zero-order chi connectivity index (χ0) is 23.9. The van der Waals surface area contributed by atoms with Crippen molar-refractivity contribution in [2.45, 2.75) is 57.8 Å². The van der Waals surface area contributed by atoms with E-state index in [-0.39, 0.29) is 30.1 Å². The highest BCUT2D eigenvalue weighted by molar-refractivity contribution is 5.80. The monoisotopic (exact) mass is 449 g/mol. The van der Waals surface area contributed by atoms with E-state index in [1.165, 1.54) is 0 Å². The smallest absolute Gasteiger partial charge is 0.226 e. The van der Waals surface area contributed by atoms with Gasteiger partial charge in [-0.3, -0.25) is 4.79 Å². The summed E-state index contributed by atoms with van der Waals surface area (Å²) in [5.74, 6) is -0.316. The van der Waals surface area contributed by atoms with Gasteiger partial charge in [-0.25, -0.2) is 0 Å². The summed E-state index contributed by atoms with van der Waals surface area (Å²) in [6.07, 6.45) is 6.02. The summed E-state index contributed by atoms with van der Waals surface area (Å²) < 4.78 is 12.1. The van der Waals surface area contributed by atoms with Crippen molar-refractivity contribution < 1.29 is 14.3 Å². The van der Waals surface area contributed by atoms with Crippen LogP contribution in [-0.4, -0.2) is 37.4 Å². The fourth-order valence-corrected chi connectivity index (χ4v) is 4.11. The van der Waals surface area contributed by atoms with Gasteiger partial charge in [0.25, 0.3) is 0 Å². The Morgan fingerprint density at radius 1 is 0.818 bits per heavy atom. The van der Waals surface area contributed by atoms with Gasteiger partial charge in [0.15, 0.2) is 0 Å². The van der Waals surface area contributed by atoms with E-state index in [9.17, 15) is 4.79 Å². The maximum atomic E-state index is 13.7. The van der Waals surface area contributed by atoms with Crippen LogP contribution in [0.4, 0.5) is 0 Å². The molecule has 0 unspecified atom stereocenters. The summed E-state index contributed by atoms with van der Waals surface area (Å²) >= 11 is 0. The van der Waals surface area contributed by atoms with Crippen molar-refractivity contribution in [1.29, 1.82) is 0 Å². The molecule has 178 valence electrons. The van der Waals surface area contributed by atoms with Gasteiger partial charge in [-0.15, -0.1) is 13.2 Å². The van der Waals surface area contributed by atoms with Gasteiger partial charge >= 0.3 is 0 Å². The quantitative estimate of drug-likeness (QED) is 0.343. The summed E-state index contributed by atoms with van der Waals surface area (Å²) in [5.41, 5.74) is 2.28. The Morgan fingerprint density at radius 2 is 1.30 bits per heavy atom. The minimum atomic E-state index is -0.312. The SMILES string of the molecule is C=CCO[C@H](CC)[C@H](Cc1ccccc1)NC(=O)[C@@H](Cc1ccccc1)[C@@H](CC)OCC=C. The van der Waals surface area contributed by atoms with Gasteiger partial charge in [0.2, 0.25) is 5.91 Å². The Hall–Kier alpha value is -2.69. The van der Waals surface area contributed by atoms with Crippen LogP contribution in [0.3, 0.4) is 0 Å². The van der Waals surface area contributed by atoms with Gasteiger partial charge in [-0.05, 0) is 36.8 Å². The minimum Gasteiger partial charge on any atom is -0.373 e. The van der Waals surface area contributed by atoms with Crippen LogP contribution in [0.15, 0.2) is 86.0 Å². The number of nitrogens with one attached hydrogen (secondary N) is 1. The number of hydrogen-bond donors (Lipinski definition) is 1. The maximum Gasteiger partial charge on any atom is 0.226 e. The van der Waals surface area contributed by atoms with Gasteiger partial charge < -0.3 is 14.8 Å². The van der Waals surface area contributed by atoms with Crippen LogP contribution in [0, 0.1) is 5.92 Å². The van der Waals surface area contributed by atoms with Crippen molar-refractivity contribution in [1.82, 2.24) is 5.32 Å². The van der Waals surface area contributed by atoms with E-state index < -0.39 is 0 Å². The lowest BCUT2D eigenvalue weighted by molar-refractivity contribution is -0.132. The first-order valence-electron chi connectivity index (χ1n) is 12.0. The van der Waals surface area contributed by atoms with Gasteiger partial charge in [0, 0.05) is 0 Å². The molecule has 0 aliphatic carbocycles. The normalized spacial score (nSPS) is 14.6. The second-order valence-corrected chi connectivity index (χ2v) is 8.24. The summed E-state index contributed by atoms with van der Waals surface area (Å²) in [6, 6.07) is 20.2. The summed E-state index contributed by atoms with van der Waals surface area (Å²) in [6.45, 7) is 12.6. The average molecular weight is 450 g/mol. The number of rotatable bonds is 16. The van der Waals surface area contributed by atoms with Crippen molar-refractivity contribution >= 4 is 5.91 Å². The first-order valence-corrected chi connectivity index (χ1v) is 12.0. The first kappa shape index (κ1) is 26.6. The van der Waals surface area contributed by atoms with E-state index in [1.807, 2.05) is 36.4 Å². The molecule has 2 rings (SSSR count). The van der Waals surface area contributed by atoms with Crippen LogP contribution in [0.25, 0.3) is 0 Å². The molecule has 0 spiro atoms. The van der Waals surface area contributed by atoms with Crippen molar-refractivity contribution in [2.24, 2.45) is 5.92 Å². The third-order valence-electron chi connectivity index (χ3n) is 5.82. The molecular weight excluding hydrogens is 410 g/mol. The Kier molecular flexibility index (Phi) is 12.2. The average Bonchev–Trinajstić information content (AvgIpc) is 2.85. The Labute approximate surface area is 199 Å². The lowest BCUT2D eigenvalue weighted by Crippen LogP contribution is -2.50. The van der Waals surface area contributed by atoms with E-state index in [0.29, 0.717) is 26.1 Å². The van der Waals surface area contributed by atoms with E-state index in [1.54, 1.807) is 12.2 Å². The van der Waals surface area contributed by atoms with Crippen molar-refractivity contribution in [3.8, 4) is 0 Å². The summed E-state index contributed by atoms with van der Waals surface area (Å²) in [4.78, 5) is 13.7. The fraction of sp³-hybridized carbons (Fsp3) is 0.414. The molecule has 2 aromatic rings. The fourth-order valence-electron chi connectivity index (χ4n) is 4.11. The highest BCUT2D eigenvalue weighted by Gasteiger charge is 2.31. The predicted molar refractivity (Wildman–Crippen MR) is 136 cm³/mol. The second-order valence-electron chi connectivity index (χ2n) is 8.24. The minimum absolute atomic E-state index is 0.00338. The molecule has 0 radical (unpaired) electrons. The highest BCUT2D eigenvalue weighted by Crippen LogP contribution is 2.20. The van der Waals surface area contributed by atoms with Crippen LogP contribution < -0.4 is 5.32 Å². The molecule has 1 N–H and O–H groups in total. The summed E-state index contributed by atoms with van der Waals surface area (Å²) in [5, 5.41) is 3.33.